The minimum absolute atomic E-state index is 0.00904. The molecule has 0 saturated carbocycles. The molecule has 0 bridgehead atoms. The molecule has 2 rings (SSSR count). The molecule has 0 unspecified atom stereocenters. The fraction of sp³-hybridized carbons (Fsp3) is 0. The second kappa shape index (κ2) is 9.62. The van der Waals surface area contributed by atoms with Crippen LogP contribution in [0.5, 0.6) is 11.5 Å². The highest BCUT2D eigenvalue weighted by molar-refractivity contribution is 6.55. The first kappa shape index (κ1) is 21.2. The van der Waals surface area contributed by atoms with Gasteiger partial charge in [0.2, 0.25) is 0 Å². The predicted octanol–water partition coefficient (Wildman–Crippen LogP) is 7.09. The molecule has 0 aliphatic rings. The highest BCUT2D eigenvalue weighted by Gasteiger charge is 2.18. The van der Waals surface area contributed by atoms with Gasteiger partial charge in [0.1, 0.15) is 15.8 Å². The minimum atomic E-state index is -0.511. The number of para-hydroxylation sites is 1. The Bertz CT molecular complexity index is 671. The van der Waals surface area contributed by atoms with Crippen molar-refractivity contribution in [3.05, 3.63) is 67.1 Å². The van der Waals surface area contributed by atoms with Crippen LogP contribution in [0.2, 0.25) is 30.1 Å². The molecule has 0 radical (unpaired) electrons. The Hall–Kier alpha value is -0.810. The summed E-state index contributed by atoms with van der Waals surface area (Å²) >= 11 is 33.6. The summed E-state index contributed by atoms with van der Waals surface area (Å²) in [6.07, 6.45) is 1.09. The fourth-order valence-corrected chi connectivity index (χ4v) is 2.57. The normalized spacial score (nSPS) is 9.75. The molecule has 3 nitrogen and oxygen atoms in total. The van der Waals surface area contributed by atoms with Crippen molar-refractivity contribution >= 4 is 75.6 Å². The number of rotatable bonds is 2. The average Bonchev–Trinajstić information content (AvgIpc) is 2.59. The molecule has 0 heterocycles. The molecule has 0 saturated heterocycles. The van der Waals surface area contributed by atoms with Gasteiger partial charge in [-0.1, -0.05) is 88.3 Å². The lowest BCUT2D eigenvalue weighted by atomic mass is 10.3. The van der Waals surface area contributed by atoms with Gasteiger partial charge in [0.25, 0.3) is 0 Å². The standard InChI is InChI=1S/C9H7ClO2.C6HCl5O/c1-2-9(11)12-8-6-4-3-5-7(8)10;7-1-2(8)4(10)6(12)5(11)3(1)9/h2-6H,1H2;12H. The van der Waals surface area contributed by atoms with Gasteiger partial charge in [0, 0.05) is 6.08 Å². The quantitative estimate of drug-likeness (QED) is 0.175. The first-order valence-corrected chi connectivity index (χ1v) is 8.26. The van der Waals surface area contributed by atoms with E-state index in [4.69, 9.17) is 74.3 Å². The molecular weight excluding hydrogens is 441 g/mol. The van der Waals surface area contributed by atoms with Gasteiger partial charge in [0.15, 0.2) is 5.75 Å². The van der Waals surface area contributed by atoms with Gasteiger partial charge >= 0.3 is 5.97 Å². The number of ether oxygens (including phenoxy) is 1. The maximum Gasteiger partial charge on any atom is 0.335 e. The van der Waals surface area contributed by atoms with Crippen molar-refractivity contribution in [1.82, 2.24) is 0 Å². The van der Waals surface area contributed by atoms with Crippen LogP contribution < -0.4 is 4.74 Å². The van der Waals surface area contributed by atoms with Crippen molar-refractivity contribution in [2.45, 2.75) is 0 Å². The van der Waals surface area contributed by atoms with Crippen molar-refractivity contribution in [3.8, 4) is 11.5 Å². The van der Waals surface area contributed by atoms with Crippen molar-refractivity contribution in [3.63, 3.8) is 0 Å². The number of hydrogen-bond donors (Lipinski definition) is 1. The highest BCUT2D eigenvalue weighted by atomic mass is 35.5. The number of carbonyl (C=O) groups excluding carboxylic acids is 1. The second-order valence-corrected chi connectivity index (χ2v) is 6.27. The van der Waals surface area contributed by atoms with Crippen LogP contribution in [0.25, 0.3) is 0 Å². The zero-order valence-electron chi connectivity index (χ0n) is 11.6. The molecule has 0 aliphatic heterocycles. The molecule has 1 N–H and O–H groups in total. The Kier molecular flexibility index (Phi) is 8.51. The molecule has 0 aliphatic carbocycles. The van der Waals surface area contributed by atoms with E-state index in [1.54, 1.807) is 24.3 Å². The van der Waals surface area contributed by atoms with E-state index < -0.39 is 5.97 Å². The predicted molar refractivity (Wildman–Crippen MR) is 100 cm³/mol. The van der Waals surface area contributed by atoms with Gasteiger partial charge in [0.05, 0.1) is 20.1 Å². The van der Waals surface area contributed by atoms with Crippen LogP contribution in [0.4, 0.5) is 0 Å². The molecule has 0 atom stereocenters. The maximum atomic E-state index is 10.7. The van der Waals surface area contributed by atoms with Gasteiger partial charge < -0.3 is 9.84 Å². The number of phenolic OH excluding ortho intramolecular Hbond substituents is 1. The van der Waals surface area contributed by atoms with Crippen molar-refractivity contribution < 1.29 is 14.6 Å². The first-order valence-electron chi connectivity index (χ1n) is 5.99. The number of benzene rings is 2. The summed E-state index contributed by atoms with van der Waals surface area (Å²) in [7, 11) is 0. The van der Waals surface area contributed by atoms with Gasteiger partial charge in [-0.2, -0.15) is 0 Å². The topological polar surface area (TPSA) is 46.5 Å². The Labute approximate surface area is 168 Å². The number of esters is 1. The van der Waals surface area contributed by atoms with Gasteiger partial charge in [-0.3, -0.25) is 0 Å². The van der Waals surface area contributed by atoms with Crippen LogP contribution in [0.3, 0.4) is 0 Å². The highest BCUT2D eigenvalue weighted by Crippen LogP contribution is 2.47. The SMILES string of the molecule is C=CC(=O)Oc1ccccc1Cl.Oc1c(Cl)c(Cl)c(Cl)c(Cl)c1Cl. The summed E-state index contributed by atoms with van der Waals surface area (Å²) in [4.78, 5) is 10.7. The van der Waals surface area contributed by atoms with Crippen LogP contribution in [-0.4, -0.2) is 11.1 Å². The lowest BCUT2D eigenvalue weighted by molar-refractivity contribution is -0.128. The summed E-state index contributed by atoms with van der Waals surface area (Å²) in [6, 6.07) is 6.75. The van der Waals surface area contributed by atoms with Crippen LogP contribution in [0, 0.1) is 0 Å². The monoisotopic (exact) mass is 446 g/mol. The third-order valence-corrected chi connectivity index (χ3v) is 4.97. The second-order valence-electron chi connectivity index (χ2n) is 3.97. The number of aromatic hydroxyl groups is 1. The Morgan fingerprint density at radius 1 is 0.917 bits per heavy atom. The number of hydrogen-bond acceptors (Lipinski definition) is 3. The van der Waals surface area contributed by atoms with E-state index in [2.05, 4.69) is 6.58 Å². The molecule has 24 heavy (non-hydrogen) atoms. The lowest BCUT2D eigenvalue weighted by Crippen LogP contribution is -2.03. The Morgan fingerprint density at radius 3 is 1.83 bits per heavy atom. The average molecular weight is 449 g/mol. The molecule has 0 amide bonds. The van der Waals surface area contributed by atoms with Crippen molar-refractivity contribution in [2.24, 2.45) is 0 Å². The van der Waals surface area contributed by atoms with E-state index in [0.29, 0.717) is 10.8 Å². The Balaban J connectivity index is 0.000000240. The zero-order chi connectivity index (χ0) is 18.4. The molecule has 2 aromatic carbocycles. The van der Waals surface area contributed by atoms with Crippen LogP contribution in [0.1, 0.15) is 0 Å². The maximum absolute atomic E-state index is 10.7. The summed E-state index contributed by atoms with van der Waals surface area (Å²) < 4.78 is 4.81. The van der Waals surface area contributed by atoms with E-state index in [1.165, 1.54) is 0 Å². The van der Waals surface area contributed by atoms with E-state index in [1.807, 2.05) is 0 Å². The minimum Gasteiger partial charge on any atom is -0.505 e. The largest absolute Gasteiger partial charge is 0.505 e. The van der Waals surface area contributed by atoms with Crippen LogP contribution in [-0.2, 0) is 4.79 Å². The van der Waals surface area contributed by atoms with E-state index in [-0.39, 0.29) is 30.9 Å². The molecule has 9 heteroatoms. The van der Waals surface area contributed by atoms with Gasteiger partial charge in [-0.25, -0.2) is 4.79 Å². The molecule has 128 valence electrons. The van der Waals surface area contributed by atoms with Gasteiger partial charge in [-0.05, 0) is 12.1 Å². The van der Waals surface area contributed by atoms with E-state index in [0.717, 1.165) is 6.08 Å². The molecule has 0 spiro atoms. The fourth-order valence-electron chi connectivity index (χ4n) is 1.27. The molecule has 0 fully saturated rings. The molecular formula is C15H8Cl6O3. The lowest BCUT2D eigenvalue weighted by Gasteiger charge is -2.06. The number of phenols is 1. The van der Waals surface area contributed by atoms with Crippen molar-refractivity contribution in [1.29, 1.82) is 0 Å². The summed E-state index contributed by atoms with van der Waals surface area (Å²) in [5.74, 6) is -0.523. The van der Waals surface area contributed by atoms with E-state index >= 15 is 0 Å². The Morgan fingerprint density at radius 2 is 1.38 bits per heavy atom. The third-order valence-electron chi connectivity index (χ3n) is 2.40. The molecule has 0 aromatic heterocycles. The summed E-state index contributed by atoms with van der Waals surface area (Å²) in [6.45, 7) is 3.27. The van der Waals surface area contributed by atoms with Gasteiger partial charge in [-0.15, -0.1) is 0 Å². The summed E-state index contributed by atoms with van der Waals surface area (Å²) in [5.41, 5.74) is 0. The van der Waals surface area contributed by atoms with E-state index in [9.17, 15) is 9.90 Å². The molecule has 2 aromatic rings. The zero-order valence-corrected chi connectivity index (χ0v) is 16.2. The summed E-state index contributed by atoms with van der Waals surface area (Å²) in [5, 5.41) is 9.42. The smallest absolute Gasteiger partial charge is 0.335 e. The number of halogens is 6. The van der Waals surface area contributed by atoms with Crippen LogP contribution in [0.15, 0.2) is 36.9 Å². The van der Waals surface area contributed by atoms with Crippen LogP contribution >= 0.6 is 69.6 Å². The number of carbonyl (C=O) groups is 1. The third kappa shape index (κ3) is 5.35. The first-order chi connectivity index (χ1) is 11.2. The van der Waals surface area contributed by atoms with Crippen molar-refractivity contribution in [2.75, 3.05) is 0 Å².